The smallest absolute Gasteiger partial charge is 0.146 e. The highest BCUT2D eigenvalue weighted by Crippen LogP contribution is 2.33. The summed E-state index contributed by atoms with van der Waals surface area (Å²) in [6.07, 6.45) is 4.71. The summed E-state index contributed by atoms with van der Waals surface area (Å²) in [5.74, 6) is -0.0709. The van der Waals surface area contributed by atoms with E-state index in [-0.39, 0.29) is 5.82 Å². The molecule has 0 aromatic heterocycles. The van der Waals surface area contributed by atoms with Gasteiger partial charge in [-0.3, -0.25) is 0 Å². The van der Waals surface area contributed by atoms with Gasteiger partial charge in [0.05, 0.1) is 5.69 Å². The van der Waals surface area contributed by atoms with Gasteiger partial charge in [0.15, 0.2) is 0 Å². The number of unbranched alkanes of at least 4 members (excludes halogenated alkanes) is 1. The fourth-order valence-electron chi connectivity index (χ4n) is 2.38. The molecule has 0 saturated heterocycles. The summed E-state index contributed by atoms with van der Waals surface area (Å²) in [7, 11) is 0. The maximum absolute atomic E-state index is 14.3. The third-order valence-electron chi connectivity index (χ3n) is 3.64. The molecule has 19 heavy (non-hydrogen) atoms. The first-order valence-corrected chi connectivity index (χ1v) is 7.52. The Morgan fingerprint density at radius 2 is 2.11 bits per heavy atom. The first-order chi connectivity index (χ1) is 9.26. The van der Waals surface area contributed by atoms with Gasteiger partial charge in [0.25, 0.3) is 0 Å². The summed E-state index contributed by atoms with van der Waals surface area (Å²) in [5.41, 5.74) is 1.81. The summed E-state index contributed by atoms with van der Waals surface area (Å²) < 4.78 is 14.3. The van der Waals surface area contributed by atoms with Crippen molar-refractivity contribution in [3.05, 3.63) is 29.6 Å². The molecule has 3 heteroatoms. The number of hydrogen-bond acceptors (Lipinski definition) is 2. The number of nitrogens with zero attached hydrogens (tertiary/aromatic N) is 1. The molecule has 0 spiro atoms. The van der Waals surface area contributed by atoms with Crippen LogP contribution in [0.3, 0.4) is 0 Å². The van der Waals surface area contributed by atoms with E-state index in [1.807, 2.05) is 12.1 Å². The molecule has 0 bridgehead atoms. The molecule has 0 aliphatic heterocycles. The Kier molecular flexibility index (Phi) is 5.20. The number of hydrogen-bond donors (Lipinski definition) is 1. The van der Waals surface area contributed by atoms with Gasteiger partial charge in [0.1, 0.15) is 5.82 Å². The average molecular weight is 264 g/mol. The number of nitrogens with one attached hydrogen (secondary N) is 1. The molecule has 2 rings (SSSR count). The van der Waals surface area contributed by atoms with E-state index in [1.54, 1.807) is 6.07 Å². The highest BCUT2D eigenvalue weighted by molar-refractivity contribution is 5.51. The Hall–Kier alpha value is -1.09. The van der Waals surface area contributed by atoms with Crippen LogP contribution in [0, 0.1) is 5.82 Å². The molecular formula is C16H25FN2. The molecule has 1 saturated carbocycles. The number of benzene rings is 1. The third kappa shape index (κ3) is 3.93. The van der Waals surface area contributed by atoms with Crippen molar-refractivity contribution in [2.75, 3.05) is 18.0 Å². The SMILES string of the molecule is CCCCN(c1ccc(CNCC)cc1F)C1CC1. The number of rotatable bonds is 8. The van der Waals surface area contributed by atoms with Crippen LogP contribution in [0.2, 0.25) is 0 Å². The zero-order valence-corrected chi connectivity index (χ0v) is 12.1. The monoisotopic (exact) mass is 264 g/mol. The molecule has 0 atom stereocenters. The van der Waals surface area contributed by atoms with Crippen molar-refractivity contribution in [3.8, 4) is 0 Å². The minimum absolute atomic E-state index is 0.0709. The van der Waals surface area contributed by atoms with Crippen LogP contribution in [-0.2, 0) is 6.54 Å². The van der Waals surface area contributed by atoms with Crippen LogP contribution in [0.4, 0.5) is 10.1 Å². The summed E-state index contributed by atoms with van der Waals surface area (Å²) in [5, 5.41) is 3.23. The van der Waals surface area contributed by atoms with E-state index >= 15 is 0 Å². The van der Waals surface area contributed by atoms with Gasteiger partial charge in [0.2, 0.25) is 0 Å². The maximum atomic E-state index is 14.3. The van der Waals surface area contributed by atoms with Gasteiger partial charge >= 0.3 is 0 Å². The first-order valence-electron chi connectivity index (χ1n) is 7.52. The minimum atomic E-state index is -0.0709. The predicted molar refractivity (Wildman–Crippen MR) is 79.1 cm³/mol. The molecule has 0 amide bonds. The summed E-state index contributed by atoms with van der Waals surface area (Å²) in [6, 6.07) is 6.25. The second-order valence-corrected chi connectivity index (χ2v) is 5.34. The van der Waals surface area contributed by atoms with E-state index in [0.717, 1.165) is 43.7 Å². The van der Waals surface area contributed by atoms with Crippen LogP contribution in [0.15, 0.2) is 18.2 Å². The van der Waals surface area contributed by atoms with Crippen molar-refractivity contribution in [3.63, 3.8) is 0 Å². The zero-order valence-electron chi connectivity index (χ0n) is 12.1. The van der Waals surface area contributed by atoms with Crippen molar-refractivity contribution in [2.45, 2.75) is 52.1 Å². The van der Waals surface area contributed by atoms with E-state index in [4.69, 9.17) is 0 Å². The molecule has 1 aromatic rings. The number of halogens is 1. The Balaban J connectivity index is 2.08. The van der Waals surface area contributed by atoms with Crippen molar-refractivity contribution in [1.29, 1.82) is 0 Å². The molecule has 0 unspecified atom stereocenters. The fourth-order valence-corrected chi connectivity index (χ4v) is 2.38. The first kappa shape index (κ1) is 14.3. The van der Waals surface area contributed by atoms with E-state index < -0.39 is 0 Å². The van der Waals surface area contributed by atoms with E-state index in [0.29, 0.717) is 6.04 Å². The predicted octanol–water partition coefficient (Wildman–Crippen LogP) is 3.70. The lowest BCUT2D eigenvalue weighted by Crippen LogP contribution is -2.27. The Labute approximate surface area is 116 Å². The molecule has 1 aromatic carbocycles. The van der Waals surface area contributed by atoms with Crippen LogP contribution in [0.5, 0.6) is 0 Å². The fraction of sp³-hybridized carbons (Fsp3) is 0.625. The number of anilines is 1. The standard InChI is InChI=1S/C16H25FN2/c1-3-5-10-19(14-7-8-14)16-9-6-13(11-15(16)17)12-18-4-2/h6,9,11,14,18H,3-5,7-8,10,12H2,1-2H3. The van der Waals surface area contributed by atoms with Crippen LogP contribution < -0.4 is 10.2 Å². The van der Waals surface area contributed by atoms with Crippen LogP contribution in [-0.4, -0.2) is 19.1 Å². The van der Waals surface area contributed by atoms with Gasteiger partial charge in [-0.2, -0.15) is 0 Å². The van der Waals surface area contributed by atoms with Crippen LogP contribution >= 0.6 is 0 Å². The van der Waals surface area contributed by atoms with E-state index in [2.05, 4.69) is 24.1 Å². The largest absolute Gasteiger partial charge is 0.366 e. The van der Waals surface area contributed by atoms with Gasteiger partial charge in [-0.25, -0.2) is 4.39 Å². The minimum Gasteiger partial charge on any atom is -0.366 e. The third-order valence-corrected chi connectivity index (χ3v) is 3.64. The Morgan fingerprint density at radius 1 is 1.32 bits per heavy atom. The Bertz CT molecular complexity index is 402. The molecule has 0 radical (unpaired) electrons. The van der Waals surface area contributed by atoms with Crippen molar-refractivity contribution in [1.82, 2.24) is 5.32 Å². The summed E-state index contributed by atoms with van der Waals surface area (Å²) in [4.78, 5) is 2.26. The molecule has 1 aliphatic rings. The second kappa shape index (κ2) is 6.90. The molecule has 0 heterocycles. The lowest BCUT2D eigenvalue weighted by Gasteiger charge is -2.25. The van der Waals surface area contributed by atoms with Gasteiger partial charge < -0.3 is 10.2 Å². The quantitative estimate of drug-likeness (QED) is 0.770. The molecule has 1 aliphatic carbocycles. The lowest BCUT2D eigenvalue weighted by atomic mass is 10.1. The summed E-state index contributed by atoms with van der Waals surface area (Å²) >= 11 is 0. The van der Waals surface area contributed by atoms with E-state index in [9.17, 15) is 4.39 Å². The zero-order chi connectivity index (χ0) is 13.7. The topological polar surface area (TPSA) is 15.3 Å². The van der Waals surface area contributed by atoms with Crippen molar-refractivity contribution < 1.29 is 4.39 Å². The maximum Gasteiger partial charge on any atom is 0.146 e. The summed E-state index contributed by atoms with van der Waals surface area (Å²) in [6.45, 7) is 6.87. The van der Waals surface area contributed by atoms with Crippen molar-refractivity contribution >= 4 is 5.69 Å². The molecule has 1 fully saturated rings. The molecule has 2 nitrogen and oxygen atoms in total. The van der Waals surface area contributed by atoms with Gasteiger partial charge in [-0.05, 0) is 43.5 Å². The van der Waals surface area contributed by atoms with Gasteiger partial charge in [-0.15, -0.1) is 0 Å². The van der Waals surface area contributed by atoms with Gasteiger partial charge in [-0.1, -0.05) is 26.3 Å². The lowest BCUT2D eigenvalue weighted by molar-refractivity contribution is 0.605. The highest BCUT2D eigenvalue weighted by Gasteiger charge is 2.30. The highest BCUT2D eigenvalue weighted by atomic mass is 19.1. The van der Waals surface area contributed by atoms with E-state index in [1.165, 1.54) is 12.8 Å². The molecular weight excluding hydrogens is 239 g/mol. The molecule has 106 valence electrons. The van der Waals surface area contributed by atoms with Crippen LogP contribution in [0.1, 0.15) is 45.1 Å². The van der Waals surface area contributed by atoms with Crippen LogP contribution in [0.25, 0.3) is 0 Å². The van der Waals surface area contributed by atoms with Gasteiger partial charge in [0, 0.05) is 19.1 Å². The molecule has 1 N–H and O–H groups in total. The Morgan fingerprint density at radius 3 is 2.68 bits per heavy atom. The van der Waals surface area contributed by atoms with Crippen molar-refractivity contribution in [2.24, 2.45) is 0 Å². The normalized spacial score (nSPS) is 14.7. The average Bonchev–Trinajstić information content (AvgIpc) is 3.23. The second-order valence-electron chi connectivity index (χ2n) is 5.34.